The van der Waals surface area contributed by atoms with Gasteiger partial charge in [-0.3, -0.25) is 4.79 Å². The summed E-state index contributed by atoms with van der Waals surface area (Å²) in [5.74, 6) is 0.729. The van der Waals surface area contributed by atoms with Gasteiger partial charge in [-0.25, -0.2) is 0 Å². The van der Waals surface area contributed by atoms with E-state index in [1.807, 2.05) is 24.3 Å². The van der Waals surface area contributed by atoms with Crippen LogP contribution in [-0.2, 0) is 4.79 Å². The summed E-state index contributed by atoms with van der Waals surface area (Å²) in [6.45, 7) is 13.4. The van der Waals surface area contributed by atoms with Crippen LogP contribution in [0.1, 0.15) is 27.7 Å². The molecule has 0 aromatic heterocycles. The van der Waals surface area contributed by atoms with E-state index in [0.717, 1.165) is 17.0 Å². The normalized spacial score (nSPS) is 18.2. The number of carbonyl (C=O) groups excluding carboxylic acids is 1. The van der Waals surface area contributed by atoms with Crippen molar-refractivity contribution in [2.45, 2.75) is 39.3 Å². The summed E-state index contributed by atoms with van der Waals surface area (Å²) in [5, 5.41) is 3.39. The molecule has 4 heteroatoms. The van der Waals surface area contributed by atoms with E-state index in [4.69, 9.17) is 4.74 Å². The minimum absolute atomic E-state index is 0.0226. The minimum Gasteiger partial charge on any atom is -0.479 e. The molecule has 2 rings (SSSR count). The Morgan fingerprint density at radius 2 is 2.05 bits per heavy atom. The number of amides is 1. The van der Waals surface area contributed by atoms with Crippen molar-refractivity contribution in [2.75, 3.05) is 18.0 Å². The van der Waals surface area contributed by atoms with Gasteiger partial charge in [-0.1, -0.05) is 18.7 Å². The molecule has 0 radical (unpaired) electrons. The lowest BCUT2D eigenvalue weighted by atomic mass is 10.1. The molecule has 1 heterocycles. The molecule has 0 saturated carbocycles. The molecule has 1 aromatic rings. The maximum atomic E-state index is 12.4. The molecule has 1 amide bonds. The molecular formula is C17H24N2O2. The number of hydrogen-bond donors (Lipinski definition) is 1. The van der Waals surface area contributed by atoms with Crippen LogP contribution in [0, 0.1) is 0 Å². The van der Waals surface area contributed by atoms with Crippen LogP contribution >= 0.6 is 0 Å². The first-order valence-electron chi connectivity index (χ1n) is 7.26. The fourth-order valence-corrected chi connectivity index (χ4v) is 2.19. The smallest absolute Gasteiger partial charge is 0.268 e. The highest BCUT2D eigenvalue weighted by atomic mass is 16.5. The number of nitrogens with zero attached hydrogens (tertiary/aromatic N) is 1. The molecule has 0 saturated heterocycles. The summed E-state index contributed by atoms with van der Waals surface area (Å²) in [6.07, 6.45) is -0.455. The Morgan fingerprint density at radius 1 is 1.38 bits per heavy atom. The zero-order valence-corrected chi connectivity index (χ0v) is 13.3. The number of para-hydroxylation sites is 2. The molecule has 0 spiro atoms. The van der Waals surface area contributed by atoms with Gasteiger partial charge in [0.1, 0.15) is 5.75 Å². The monoisotopic (exact) mass is 288 g/mol. The van der Waals surface area contributed by atoms with Crippen molar-refractivity contribution in [3.05, 3.63) is 36.4 Å². The molecule has 21 heavy (non-hydrogen) atoms. The van der Waals surface area contributed by atoms with E-state index in [9.17, 15) is 4.79 Å². The van der Waals surface area contributed by atoms with Crippen LogP contribution in [0.15, 0.2) is 36.4 Å². The quantitative estimate of drug-likeness (QED) is 0.866. The molecule has 1 aliphatic heterocycles. The highest BCUT2D eigenvalue weighted by Gasteiger charge is 2.31. The largest absolute Gasteiger partial charge is 0.479 e. The molecule has 1 aromatic carbocycles. The Bertz CT molecular complexity index is 546. The second kappa shape index (κ2) is 5.90. The average Bonchev–Trinajstić information content (AvgIpc) is 2.41. The van der Waals surface area contributed by atoms with Gasteiger partial charge in [0.25, 0.3) is 5.91 Å². The van der Waals surface area contributed by atoms with Crippen molar-refractivity contribution in [3.63, 3.8) is 0 Å². The second-order valence-corrected chi connectivity index (χ2v) is 6.51. The molecule has 114 valence electrons. The molecule has 1 unspecified atom stereocenters. The predicted octanol–water partition coefficient (Wildman–Crippen LogP) is 2.74. The molecule has 1 atom stereocenters. The van der Waals surface area contributed by atoms with E-state index in [0.29, 0.717) is 13.1 Å². The average molecular weight is 288 g/mol. The topological polar surface area (TPSA) is 41.6 Å². The van der Waals surface area contributed by atoms with Gasteiger partial charge in [0.05, 0.1) is 5.69 Å². The first kappa shape index (κ1) is 15.6. The summed E-state index contributed by atoms with van der Waals surface area (Å²) in [7, 11) is 0. The molecule has 1 N–H and O–H groups in total. The van der Waals surface area contributed by atoms with E-state index in [1.54, 1.807) is 11.8 Å². The van der Waals surface area contributed by atoms with Gasteiger partial charge in [-0.15, -0.1) is 0 Å². The Labute approximate surface area is 126 Å². The Hall–Kier alpha value is -1.81. The van der Waals surface area contributed by atoms with Gasteiger partial charge in [0, 0.05) is 18.6 Å². The third-order valence-electron chi connectivity index (χ3n) is 3.32. The van der Waals surface area contributed by atoms with Crippen molar-refractivity contribution in [1.29, 1.82) is 0 Å². The van der Waals surface area contributed by atoms with Gasteiger partial charge in [-0.2, -0.15) is 0 Å². The van der Waals surface area contributed by atoms with E-state index < -0.39 is 6.10 Å². The molecule has 4 nitrogen and oxygen atoms in total. The maximum Gasteiger partial charge on any atom is 0.268 e. The maximum absolute atomic E-state index is 12.4. The molecule has 1 aliphatic rings. The standard InChI is InChI=1S/C17H24N2O2/c1-12(10-18-17(3,4)5)11-19-14-8-6-7-9-15(14)21-13(2)16(19)20/h6-9,13,18H,1,10-11H2,2-5H3. The van der Waals surface area contributed by atoms with E-state index in [-0.39, 0.29) is 11.4 Å². The number of rotatable bonds is 4. The predicted molar refractivity (Wildman–Crippen MR) is 85.8 cm³/mol. The lowest BCUT2D eigenvalue weighted by molar-refractivity contribution is -0.125. The Kier molecular flexibility index (Phi) is 4.37. The third kappa shape index (κ3) is 3.85. The van der Waals surface area contributed by atoms with Crippen molar-refractivity contribution in [3.8, 4) is 5.75 Å². The van der Waals surface area contributed by atoms with Crippen LogP contribution in [-0.4, -0.2) is 30.6 Å². The van der Waals surface area contributed by atoms with Crippen LogP contribution in [0.4, 0.5) is 5.69 Å². The number of anilines is 1. The first-order valence-corrected chi connectivity index (χ1v) is 7.26. The summed E-state index contributed by atoms with van der Waals surface area (Å²) < 4.78 is 5.63. The molecular weight excluding hydrogens is 264 g/mol. The summed E-state index contributed by atoms with van der Waals surface area (Å²) >= 11 is 0. The van der Waals surface area contributed by atoms with E-state index in [2.05, 4.69) is 32.7 Å². The first-order chi connectivity index (χ1) is 9.78. The third-order valence-corrected chi connectivity index (χ3v) is 3.32. The van der Waals surface area contributed by atoms with Crippen molar-refractivity contribution < 1.29 is 9.53 Å². The van der Waals surface area contributed by atoms with Crippen molar-refractivity contribution in [1.82, 2.24) is 5.32 Å². The van der Waals surface area contributed by atoms with E-state index in [1.165, 1.54) is 0 Å². The van der Waals surface area contributed by atoms with Crippen LogP contribution in [0.5, 0.6) is 5.75 Å². The summed E-state index contributed by atoms with van der Waals surface area (Å²) in [4.78, 5) is 14.1. The van der Waals surface area contributed by atoms with Crippen LogP contribution in [0.2, 0.25) is 0 Å². The number of benzene rings is 1. The number of carbonyl (C=O) groups is 1. The number of fused-ring (bicyclic) bond motifs is 1. The zero-order chi connectivity index (χ0) is 15.6. The number of nitrogens with one attached hydrogen (secondary N) is 1. The van der Waals surface area contributed by atoms with Gasteiger partial charge in [-0.05, 0) is 45.4 Å². The van der Waals surface area contributed by atoms with E-state index >= 15 is 0 Å². The number of hydrogen-bond acceptors (Lipinski definition) is 3. The van der Waals surface area contributed by atoms with Crippen LogP contribution in [0.3, 0.4) is 0 Å². The van der Waals surface area contributed by atoms with Crippen molar-refractivity contribution in [2.24, 2.45) is 0 Å². The van der Waals surface area contributed by atoms with Crippen LogP contribution in [0.25, 0.3) is 0 Å². The van der Waals surface area contributed by atoms with Crippen molar-refractivity contribution >= 4 is 11.6 Å². The lowest BCUT2D eigenvalue weighted by Gasteiger charge is -2.33. The molecule has 0 aliphatic carbocycles. The second-order valence-electron chi connectivity index (χ2n) is 6.51. The molecule has 0 bridgehead atoms. The SMILES string of the molecule is C=C(CNC(C)(C)C)CN1C(=O)C(C)Oc2ccccc21. The highest BCUT2D eigenvalue weighted by Crippen LogP contribution is 2.33. The fourth-order valence-electron chi connectivity index (χ4n) is 2.19. The Balaban J connectivity index is 2.11. The minimum atomic E-state index is -0.455. The van der Waals surface area contributed by atoms with Gasteiger partial charge in [0.2, 0.25) is 0 Å². The zero-order valence-electron chi connectivity index (χ0n) is 13.3. The highest BCUT2D eigenvalue weighted by molar-refractivity contribution is 6.00. The fraction of sp³-hybridized carbons (Fsp3) is 0.471. The van der Waals surface area contributed by atoms with Gasteiger partial charge < -0.3 is 15.0 Å². The lowest BCUT2D eigenvalue weighted by Crippen LogP contribution is -2.46. The Morgan fingerprint density at radius 3 is 2.71 bits per heavy atom. The molecule has 0 fully saturated rings. The van der Waals surface area contributed by atoms with Gasteiger partial charge >= 0.3 is 0 Å². The van der Waals surface area contributed by atoms with Gasteiger partial charge in [0.15, 0.2) is 6.10 Å². The summed E-state index contributed by atoms with van der Waals surface area (Å²) in [6, 6.07) is 7.62. The summed E-state index contributed by atoms with van der Waals surface area (Å²) in [5.41, 5.74) is 1.82. The van der Waals surface area contributed by atoms with Crippen LogP contribution < -0.4 is 15.0 Å². The number of ether oxygens (including phenoxy) is 1.